The van der Waals surface area contributed by atoms with Gasteiger partial charge in [0.2, 0.25) is 5.91 Å². The van der Waals surface area contributed by atoms with Crippen LogP contribution < -0.4 is 10.1 Å². The summed E-state index contributed by atoms with van der Waals surface area (Å²) in [5.41, 5.74) is 0.890. The Morgan fingerprint density at radius 2 is 2.07 bits per heavy atom. The van der Waals surface area contributed by atoms with Crippen molar-refractivity contribution in [3.8, 4) is 11.5 Å². The molecule has 0 saturated heterocycles. The fourth-order valence-electron chi connectivity index (χ4n) is 2.58. The van der Waals surface area contributed by atoms with Crippen molar-refractivity contribution in [2.24, 2.45) is 0 Å². The molecule has 1 N–H and O–H groups in total. The summed E-state index contributed by atoms with van der Waals surface area (Å²) in [5.74, 6) is 0.103. The lowest BCUT2D eigenvalue weighted by atomic mass is 10.2. The van der Waals surface area contributed by atoms with Crippen molar-refractivity contribution in [3.63, 3.8) is 0 Å². The van der Waals surface area contributed by atoms with Crippen LogP contribution in [0.4, 0.5) is 11.4 Å². The molecule has 2 aromatic carbocycles. The third-order valence-electron chi connectivity index (χ3n) is 4.10. The maximum Gasteiger partial charge on any atom is 0.275 e. The zero-order chi connectivity index (χ0) is 21.8. The lowest BCUT2D eigenvalue weighted by molar-refractivity contribution is -0.384. The van der Waals surface area contributed by atoms with E-state index in [1.807, 2.05) is 6.92 Å². The first kappa shape index (κ1) is 22.1. The molecule has 8 nitrogen and oxygen atoms in total. The second-order valence-corrected chi connectivity index (χ2v) is 7.95. The van der Waals surface area contributed by atoms with Gasteiger partial charge in [-0.3, -0.25) is 19.6 Å². The summed E-state index contributed by atoms with van der Waals surface area (Å²) in [4.78, 5) is 23.0. The number of nitrogens with zero attached hydrogens (tertiary/aromatic N) is 3. The van der Waals surface area contributed by atoms with Crippen LogP contribution in [0.2, 0.25) is 10.0 Å². The number of benzene rings is 2. The summed E-state index contributed by atoms with van der Waals surface area (Å²) in [6, 6.07) is 8.60. The molecule has 0 radical (unpaired) electrons. The van der Waals surface area contributed by atoms with Gasteiger partial charge in [0.05, 0.1) is 38.9 Å². The van der Waals surface area contributed by atoms with Crippen molar-refractivity contribution in [1.29, 1.82) is 0 Å². The first-order chi connectivity index (χ1) is 14.2. The molecule has 3 rings (SSSR count). The molecule has 1 aromatic heterocycles. The summed E-state index contributed by atoms with van der Waals surface area (Å²) < 4.78 is 8.20. The van der Waals surface area contributed by atoms with E-state index in [0.29, 0.717) is 11.6 Å². The van der Waals surface area contributed by atoms with Crippen molar-refractivity contribution in [2.45, 2.75) is 19.9 Å². The summed E-state index contributed by atoms with van der Waals surface area (Å²) in [6.07, 6.45) is 1.79. The van der Waals surface area contributed by atoms with Crippen LogP contribution in [0.5, 0.6) is 11.5 Å². The minimum atomic E-state index is -0.573. The fraction of sp³-hybridized carbons (Fsp3) is 0.158. The molecule has 0 bridgehead atoms. The third kappa shape index (κ3) is 5.50. The number of anilines is 1. The minimum absolute atomic E-state index is 0.136. The number of halogens is 3. The van der Waals surface area contributed by atoms with E-state index in [4.69, 9.17) is 27.9 Å². The van der Waals surface area contributed by atoms with Crippen molar-refractivity contribution in [1.82, 2.24) is 9.78 Å². The molecule has 1 heterocycles. The molecule has 0 aliphatic carbocycles. The highest BCUT2D eigenvalue weighted by atomic mass is 79.9. The quantitative estimate of drug-likeness (QED) is 0.309. The zero-order valence-electron chi connectivity index (χ0n) is 15.6. The van der Waals surface area contributed by atoms with E-state index >= 15 is 0 Å². The van der Waals surface area contributed by atoms with E-state index in [1.165, 1.54) is 24.3 Å². The van der Waals surface area contributed by atoms with Crippen LogP contribution in [0, 0.1) is 17.0 Å². The Labute approximate surface area is 190 Å². The molecule has 3 aromatic rings. The van der Waals surface area contributed by atoms with E-state index < -0.39 is 4.92 Å². The largest absolute Gasteiger partial charge is 0.455 e. The molecule has 30 heavy (non-hydrogen) atoms. The average Bonchev–Trinajstić information content (AvgIpc) is 3.00. The standard InChI is InChI=1S/C19H15BrCl2N4O4/c1-11-16(20)10-23-25(11)5-4-19(27)24-13-7-14(26(28)29)9-15(8-13)30-18-3-2-12(21)6-17(18)22/h2-3,6-10H,4-5H2,1H3,(H,24,27). The molecular formula is C19H15BrCl2N4O4. The van der Waals surface area contributed by atoms with Crippen molar-refractivity contribution < 1.29 is 14.5 Å². The summed E-state index contributed by atoms with van der Waals surface area (Å²) in [5, 5.41) is 18.8. The number of hydrogen-bond donors (Lipinski definition) is 1. The lowest BCUT2D eigenvalue weighted by Crippen LogP contribution is -2.15. The highest BCUT2D eigenvalue weighted by molar-refractivity contribution is 9.10. The van der Waals surface area contributed by atoms with E-state index in [-0.39, 0.29) is 40.2 Å². The Bertz CT molecular complexity index is 1120. The fourth-order valence-corrected chi connectivity index (χ4v) is 3.33. The molecule has 0 spiro atoms. The molecule has 0 unspecified atom stereocenters. The number of carbonyl (C=O) groups excluding carboxylic acids is 1. The van der Waals surface area contributed by atoms with Crippen LogP contribution in [-0.4, -0.2) is 20.6 Å². The average molecular weight is 514 g/mol. The molecular weight excluding hydrogens is 499 g/mol. The highest BCUT2D eigenvalue weighted by Gasteiger charge is 2.15. The Balaban J connectivity index is 1.75. The number of ether oxygens (including phenoxy) is 1. The van der Waals surface area contributed by atoms with Crippen molar-refractivity contribution in [2.75, 3.05) is 5.32 Å². The summed E-state index contributed by atoms with van der Waals surface area (Å²) in [6.45, 7) is 2.24. The van der Waals surface area contributed by atoms with Crippen LogP contribution in [0.15, 0.2) is 47.1 Å². The maximum absolute atomic E-state index is 12.3. The Kier molecular flexibility index (Phi) is 6.96. The number of non-ortho nitro benzene ring substituents is 1. The Hall–Kier alpha value is -2.62. The van der Waals surface area contributed by atoms with Gasteiger partial charge in [-0.15, -0.1) is 0 Å². The SMILES string of the molecule is Cc1c(Br)cnn1CCC(=O)Nc1cc(Oc2ccc(Cl)cc2Cl)cc([N+](=O)[O-])c1. The van der Waals surface area contributed by atoms with Crippen molar-refractivity contribution >= 4 is 56.4 Å². The zero-order valence-corrected chi connectivity index (χ0v) is 18.7. The monoisotopic (exact) mass is 512 g/mol. The second-order valence-electron chi connectivity index (χ2n) is 6.25. The first-order valence-electron chi connectivity index (χ1n) is 8.63. The van der Waals surface area contributed by atoms with Gasteiger partial charge in [0, 0.05) is 29.3 Å². The summed E-state index contributed by atoms with van der Waals surface area (Å²) >= 11 is 15.3. The van der Waals surface area contributed by atoms with E-state index in [1.54, 1.807) is 23.0 Å². The van der Waals surface area contributed by atoms with Gasteiger partial charge in [-0.25, -0.2) is 0 Å². The number of aromatic nitrogens is 2. The number of hydrogen-bond acceptors (Lipinski definition) is 5. The molecule has 11 heteroatoms. The molecule has 0 atom stereocenters. The van der Waals surface area contributed by atoms with Gasteiger partial charge >= 0.3 is 0 Å². The predicted octanol–water partition coefficient (Wildman–Crippen LogP) is 5.99. The van der Waals surface area contributed by atoms with Gasteiger partial charge in [0.15, 0.2) is 0 Å². The molecule has 0 aliphatic rings. The Morgan fingerprint density at radius 1 is 1.30 bits per heavy atom. The van der Waals surface area contributed by atoms with Gasteiger partial charge in [-0.05, 0) is 41.1 Å². The van der Waals surface area contributed by atoms with Gasteiger partial charge in [-0.2, -0.15) is 5.10 Å². The number of amides is 1. The number of aryl methyl sites for hydroxylation is 1. The van der Waals surface area contributed by atoms with E-state index in [9.17, 15) is 14.9 Å². The van der Waals surface area contributed by atoms with E-state index in [2.05, 4.69) is 26.3 Å². The van der Waals surface area contributed by atoms with Crippen LogP contribution in [0.3, 0.4) is 0 Å². The molecule has 0 aliphatic heterocycles. The van der Waals surface area contributed by atoms with Gasteiger partial charge in [0.25, 0.3) is 5.69 Å². The number of nitrogens with one attached hydrogen (secondary N) is 1. The molecule has 0 saturated carbocycles. The number of rotatable bonds is 7. The smallest absolute Gasteiger partial charge is 0.275 e. The maximum atomic E-state index is 12.3. The van der Waals surface area contributed by atoms with Crippen LogP contribution >= 0.6 is 39.1 Å². The normalized spacial score (nSPS) is 10.7. The predicted molar refractivity (Wildman–Crippen MR) is 118 cm³/mol. The van der Waals surface area contributed by atoms with Crippen LogP contribution in [-0.2, 0) is 11.3 Å². The number of nitro benzene ring substituents is 1. The third-order valence-corrected chi connectivity index (χ3v) is 5.41. The van der Waals surface area contributed by atoms with Gasteiger partial charge < -0.3 is 10.1 Å². The molecule has 156 valence electrons. The lowest BCUT2D eigenvalue weighted by Gasteiger charge is -2.11. The molecule has 0 fully saturated rings. The minimum Gasteiger partial charge on any atom is -0.455 e. The van der Waals surface area contributed by atoms with Crippen molar-refractivity contribution in [3.05, 3.63) is 72.9 Å². The van der Waals surface area contributed by atoms with Crippen LogP contribution in [0.1, 0.15) is 12.1 Å². The first-order valence-corrected chi connectivity index (χ1v) is 10.2. The Morgan fingerprint density at radius 3 is 2.70 bits per heavy atom. The topological polar surface area (TPSA) is 99.3 Å². The summed E-state index contributed by atoms with van der Waals surface area (Å²) in [7, 11) is 0. The van der Waals surface area contributed by atoms with Gasteiger partial charge in [-0.1, -0.05) is 23.2 Å². The second kappa shape index (κ2) is 9.46. The van der Waals surface area contributed by atoms with E-state index in [0.717, 1.165) is 10.2 Å². The van der Waals surface area contributed by atoms with Crippen LogP contribution in [0.25, 0.3) is 0 Å². The van der Waals surface area contributed by atoms with Gasteiger partial charge in [0.1, 0.15) is 11.5 Å². The number of carbonyl (C=O) groups is 1. The number of nitro groups is 1. The highest BCUT2D eigenvalue weighted by Crippen LogP contribution is 2.34. The molecule has 1 amide bonds.